The molecule has 9 rings (SSSR count). The Bertz CT molecular complexity index is 2190. The van der Waals surface area contributed by atoms with Crippen LogP contribution < -0.4 is 5.32 Å². The number of alkyl halides is 3. The molecule has 1 fully saturated rings. The van der Waals surface area contributed by atoms with Gasteiger partial charge in [-0.25, -0.2) is 0 Å². The largest absolute Gasteiger partial charge is 0.416 e. The highest BCUT2D eigenvalue weighted by atomic mass is 19.4. The minimum Gasteiger partial charge on any atom is -0.363 e. The second-order valence-electron chi connectivity index (χ2n) is 16.2. The Morgan fingerprint density at radius 1 is 0.607 bits per heavy atom. The molecule has 1 saturated carbocycles. The lowest BCUT2D eigenvalue weighted by atomic mass is 9.65. The van der Waals surface area contributed by atoms with Gasteiger partial charge in [0.05, 0.1) is 11.3 Å². The molecule has 2 nitrogen and oxygen atoms in total. The van der Waals surface area contributed by atoms with Crippen LogP contribution in [0.25, 0.3) is 11.3 Å². The number of nitrogens with one attached hydrogen (secondary N) is 1. The van der Waals surface area contributed by atoms with Crippen LogP contribution in [0, 0.1) is 35.5 Å². The van der Waals surface area contributed by atoms with Crippen LogP contribution in [0.1, 0.15) is 68.1 Å². The van der Waals surface area contributed by atoms with Crippen molar-refractivity contribution in [2.75, 3.05) is 0 Å². The molecule has 1 N–H and O–H groups in total. The topological polar surface area (TPSA) is 24.4 Å². The van der Waals surface area contributed by atoms with Gasteiger partial charge in [-0.3, -0.25) is 4.99 Å². The quantitative estimate of drug-likeness (QED) is 0.300. The third kappa shape index (κ3) is 7.41. The molecule has 1 aliphatic heterocycles. The van der Waals surface area contributed by atoms with Crippen molar-refractivity contribution in [3.05, 3.63) is 191 Å². The third-order valence-electron chi connectivity index (χ3n) is 13.0. The number of aliphatic imine (C=N–C) groups is 1. The standard InChI is InChI=1S/C51H49F3N2/c52-51(53,54)42-30-28-35(29-31-42)34-20-22-36(23-21-34)43-32-33-44(46-19-11-10-18-45(43)46)37-24-26-41(27-25-37)50-55-48(39-14-6-2-7-15-39)47(38-12-4-1-5-13-38)49(56-50)40-16-8-3-9-17-40/h1-12,14-16,18-20,22,28-33,37-38,40-41,45-46,50,55H,13,17,21,23-27H2. The lowest BCUT2D eigenvalue weighted by Crippen LogP contribution is -2.43. The fourth-order valence-corrected chi connectivity index (χ4v) is 10.0. The highest BCUT2D eigenvalue weighted by Crippen LogP contribution is 2.48. The lowest BCUT2D eigenvalue weighted by Gasteiger charge is -2.42. The number of nitrogens with zero attached hydrogens (tertiary/aromatic N) is 1. The van der Waals surface area contributed by atoms with Crippen LogP contribution in [-0.2, 0) is 6.18 Å². The summed E-state index contributed by atoms with van der Waals surface area (Å²) in [5.74, 6) is 2.21. The Hall–Kier alpha value is -5.16. The van der Waals surface area contributed by atoms with Crippen molar-refractivity contribution in [2.45, 2.75) is 63.7 Å². The molecule has 0 aromatic heterocycles. The van der Waals surface area contributed by atoms with Crippen LogP contribution in [0.3, 0.4) is 0 Å². The van der Waals surface area contributed by atoms with Crippen molar-refractivity contribution in [3.8, 4) is 0 Å². The van der Waals surface area contributed by atoms with E-state index in [-0.39, 0.29) is 12.1 Å². The van der Waals surface area contributed by atoms with Gasteiger partial charge in [0.1, 0.15) is 6.17 Å². The Morgan fingerprint density at radius 2 is 1.27 bits per heavy atom. The van der Waals surface area contributed by atoms with Crippen molar-refractivity contribution < 1.29 is 13.2 Å². The van der Waals surface area contributed by atoms with Gasteiger partial charge in [0.15, 0.2) is 0 Å². The maximum absolute atomic E-state index is 13.1. The number of hydrogen-bond acceptors (Lipinski definition) is 2. The maximum Gasteiger partial charge on any atom is 0.416 e. The van der Waals surface area contributed by atoms with E-state index in [4.69, 9.17) is 4.99 Å². The van der Waals surface area contributed by atoms with Crippen molar-refractivity contribution in [1.29, 1.82) is 0 Å². The van der Waals surface area contributed by atoms with E-state index in [1.165, 1.54) is 45.8 Å². The summed E-state index contributed by atoms with van der Waals surface area (Å²) in [5.41, 5.74) is 10.7. The van der Waals surface area contributed by atoms with Crippen molar-refractivity contribution in [1.82, 2.24) is 5.32 Å². The minimum absolute atomic E-state index is 0.0446. The monoisotopic (exact) mass is 746 g/mol. The average Bonchev–Trinajstić information content (AvgIpc) is 3.26. The molecule has 2 aromatic rings. The van der Waals surface area contributed by atoms with Gasteiger partial charge in [-0.15, -0.1) is 0 Å². The van der Waals surface area contributed by atoms with Gasteiger partial charge in [-0.1, -0.05) is 145 Å². The summed E-state index contributed by atoms with van der Waals surface area (Å²) in [6.45, 7) is 0. The SMILES string of the molecule is FC(F)(F)c1ccc(C2=CC=C(C3=CC=C(C4CCC(C5N=C(C6C=CC=CC6)C(C6C=CC=CC6)=C(c6ccccc6)N5)CC4)C4C=CC=CC34)CC2)cc1. The highest BCUT2D eigenvalue weighted by molar-refractivity contribution is 6.10. The van der Waals surface area contributed by atoms with E-state index in [9.17, 15) is 13.2 Å². The van der Waals surface area contributed by atoms with Crippen LogP contribution in [0.15, 0.2) is 179 Å². The summed E-state index contributed by atoms with van der Waals surface area (Å²) < 4.78 is 39.4. The smallest absolute Gasteiger partial charge is 0.363 e. The number of halogens is 3. The van der Waals surface area contributed by atoms with Gasteiger partial charge in [-0.2, -0.15) is 13.2 Å². The van der Waals surface area contributed by atoms with Crippen molar-refractivity contribution in [2.24, 2.45) is 40.5 Å². The average molecular weight is 747 g/mol. The molecule has 0 saturated heterocycles. The van der Waals surface area contributed by atoms with Crippen LogP contribution >= 0.6 is 0 Å². The molecule has 0 spiro atoms. The first-order valence-corrected chi connectivity index (χ1v) is 20.6. The van der Waals surface area contributed by atoms with E-state index in [1.807, 2.05) is 0 Å². The highest BCUT2D eigenvalue weighted by Gasteiger charge is 2.39. The zero-order valence-corrected chi connectivity index (χ0v) is 31.7. The number of rotatable bonds is 7. The van der Waals surface area contributed by atoms with Crippen molar-refractivity contribution >= 4 is 17.0 Å². The van der Waals surface area contributed by atoms with E-state index < -0.39 is 11.7 Å². The number of allylic oxidation sites excluding steroid dienone is 21. The van der Waals surface area contributed by atoms with Gasteiger partial charge >= 0.3 is 6.18 Å². The van der Waals surface area contributed by atoms with Gasteiger partial charge in [0.25, 0.3) is 0 Å². The molecule has 6 aliphatic carbocycles. The maximum atomic E-state index is 13.1. The van der Waals surface area contributed by atoms with E-state index in [1.54, 1.807) is 17.7 Å². The summed E-state index contributed by atoms with van der Waals surface area (Å²) in [7, 11) is 0. The van der Waals surface area contributed by atoms with Gasteiger partial charge in [0, 0.05) is 34.9 Å². The summed E-state index contributed by atoms with van der Waals surface area (Å²) in [6, 6.07) is 16.5. The van der Waals surface area contributed by atoms with Crippen LogP contribution in [0.2, 0.25) is 0 Å². The molecule has 5 unspecified atom stereocenters. The first kappa shape index (κ1) is 36.5. The molecule has 7 aliphatic rings. The molecule has 0 amide bonds. The van der Waals surface area contributed by atoms with Crippen LogP contribution in [-0.4, -0.2) is 11.9 Å². The zero-order chi connectivity index (χ0) is 38.1. The molecule has 56 heavy (non-hydrogen) atoms. The van der Waals surface area contributed by atoms with E-state index in [0.29, 0.717) is 29.6 Å². The molecule has 0 bridgehead atoms. The Kier molecular flexibility index (Phi) is 10.3. The molecule has 0 radical (unpaired) electrons. The van der Waals surface area contributed by atoms with E-state index in [0.717, 1.165) is 62.5 Å². The third-order valence-corrected chi connectivity index (χ3v) is 13.0. The predicted molar refractivity (Wildman–Crippen MR) is 224 cm³/mol. The van der Waals surface area contributed by atoms with Gasteiger partial charge in [-0.05, 0) is 103 Å². The van der Waals surface area contributed by atoms with E-state index in [2.05, 4.69) is 133 Å². The number of fused-ring (bicyclic) bond motifs is 1. The Balaban J connectivity index is 0.943. The second kappa shape index (κ2) is 15.8. The molecule has 1 heterocycles. The molecule has 5 atom stereocenters. The van der Waals surface area contributed by atoms with Crippen molar-refractivity contribution in [3.63, 3.8) is 0 Å². The fourth-order valence-electron chi connectivity index (χ4n) is 10.0. The molecule has 284 valence electrons. The normalized spacial score (nSPS) is 29.8. The first-order valence-electron chi connectivity index (χ1n) is 20.6. The number of hydrogen-bond donors (Lipinski definition) is 1. The van der Waals surface area contributed by atoms with Crippen LogP contribution in [0.4, 0.5) is 13.2 Å². The van der Waals surface area contributed by atoms with Crippen LogP contribution in [0.5, 0.6) is 0 Å². The summed E-state index contributed by atoms with van der Waals surface area (Å²) in [5, 5.41) is 4.05. The molecule has 5 heteroatoms. The zero-order valence-electron chi connectivity index (χ0n) is 31.7. The first-order chi connectivity index (χ1) is 27.4. The summed E-state index contributed by atoms with van der Waals surface area (Å²) >= 11 is 0. The summed E-state index contributed by atoms with van der Waals surface area (Å²) in [4.78, 5) is 5.67. The Labute approximate surface area is 329 Å². The molecular formula is C51H49F3N2. The fraction of sp³-hybridized carbons (Fsp3) is 0.314. The van der Waals surface area contributed by atoms with Gasteiger partial charge in [0.2, 0.25) is 0 Å². The van der Waals surface area contributed by atoms with Gasteiger partial charge < -0.3 is 5.32 Å². The second-order valence-corrected chi connectivity index (χ2v) is 16.2. The molecule has 2 aromatic carbocycles. The predicted octanol–water partition coefficient (Wildman–Crippen LogP) is 12.9. The van der Waals surface area contributed by atoms with E-state index >= 15 is 0 Å². The lowest BCUT2D eigenvalue weighted by molar-refractivity contribution is -0.137. The minimum atomic E-state index is -4.32. The number of benzene rings is 2. The summed E-state index contributed by atoms with van der Waals surface area (Å²) in [6.07, 6.45) is 40.2. The Morgan fingerprint density at radius 3 is 1.93 bits per heavy atom. The molecular weight excluding hydrogens is 698 g/mol.